The maximum Gasteiger partial charge on any atom is 0.294 e. The van der Waals surface area contributed by atoms with Crippen LogP contribution < -0.4 is 0 Å². The van der Waals surface area contributed by atoms with Crippen LogP contribution in [-0.2, 0) is 0 Å². The molecule has 0 radical (unpaired) electrons. The number of carbonyl (C=O) groups is 1. The highest BCUT2D eigenvalue weighted by Gasteiger charge is 2.20. The molecule has 0 bridgehead atoms. The SMILES string of the molecule is CCN(CC)C(=O)c1ccc(-n2ccnc2)c([N+](=O)[O-])c1. The van der Waals surface area contributed by atoms with Crippen LogP contribution in [0, 0.1) is 10.1 Å². The predicted octanol–water partition coefficient (Wildman–Crippen LogP) is 2.26. The van der Waals surface area contributed by atoms with Crippen molar-refractivity contribution in [3.63, 3.8) is 0 Å². The van der Waals surface area contributed by atoms with Gasteiger partial charge in [-0.15, -0.1) is 0 Å². The monoisotopic (exact) mass is 288 g/mol. The molecule has 0 aliphatic carbocycles. The summed E-state index contributed by atoms with van der Waals surface area (Å²) in [5, 5.41) is 11.2. The third-order valence-corrected chi connectivity index (χ3v) is 3.25. The Balaban J connectivity index is 2.46. The molecule has 1 amide bonds. The second-order valence-corrected chi connectivity index (χ2v) is 4.41. The molecule has 0 fully saturated rings. The number of nitro groups is 1. The fraction of sp³-hybridized carbons (Fsp3) is 0.286. The van der Waals surface area contributed by atoms with Crippen LogP contribution in [0.5, 0.6) is 0 Å². The van der Waals surface area contributed by atoms with Crippen molar-refractivity contribution in [1.82, 2.24) is 14.5 Å². The lowest BCUT2D eigenvalue weighted by Crippen LogP contribution is -2.30. The first-order valence-corrected chi connectivity index (χ1v) is 6.64. The van der Waals surface area contributed by atoms with Gasteiger partial charge in [-0.25, -0.2) is 4.98 Å². The van der Waals surface area contributed by atoms with Crippen molar-refractivity contribution >= 4 is 11.6 Å². The van der Waals surface area contributed by atoms with Crippen molar-refractivity contribution in [1.29, 1.82) is 0 Å². The molecule has 7 nitrogen and oxygen atoms in total. The Hall–Kier alpha value is -2.70. The Morgan fingerprint density at radius 3 is 2.62 bits per heavy atom. The largest absolute Gasteiger partial charge is 0.339 e. The van der Waals surface area contributed by atoms with Crippen LogP contribution in [0.3, 0.4) is 0 Å². The van der Waals surface area contributed by atoms with Gasteiger partial charge < -0.3 is 9.47 Å². The number of imidazole rings is 1. The zero-order chi connectivity index (χ0) is 15.4. The summed E-state index contributed by atoms with van der Waals surface area (Å²) in [6.07, 6.45) is 4.64. The molecule has 1 aromatic carbocycles. The third kappa shape index (κ3) is 2.91. The Kier molecular flexibility index (Phi) is 4.32. The molecule has 0 atom stereocenters. The van der Waals surface area contributed by atoms with Gasteiger partial charge in [-0.1, -0.05) is 0 Å². The molecule has 0 saturated heterocycles. The van der Waals surface area contributed by atoms with Gasteiger partial charge in [0, 0.05) is 37.1 Å². The molecule has 0 aliphatic heterocycles. The van der Waals surface area contributed by atoms with Crippen molar-refractivity contribution in [2.75, 3.05) is 13.1 Å². The van der Waals surface area contributed by atoms with E-state index in [1.54, 1.807) is 34.0 Å². The Labute approximate surface area is 122 Å². The minimum atomic E-state index is -0.492. The molecule has 0 N–H and O–H groups in total. The van der Waals surface area contributed by atoms with Gasteiger partial charge in [0.05, 0.1) is 11.3 Å². The molecule has 0 saturated carbocycles. The van der Waals surface area contributed by atoms with Crippen molar-refractivity contribution in [2.24, 2.45) is 0 Å². The number of rotatable bonds is 5. The number of hydrogen-bond donors (Lipinski definition) is 0. The quantitative estimate of drug-likeness (QED) is 0.624. The third-order valence-electron chi connectivity index (χ3n) is 3.25. The Morgan fingerprint density at radius 1 is 1.38 bits per heavy atom. The molecule has 110 valence electrons. The zero-order valence-corrected chi connectivity index (χ0v) is 11.9. The number of benzene rings is 1. The van der Waals surface area contributed by atoms with Crippen LogP contribution in [0.25, 0.3) is 5.69 Å². The summed E-state index contributed by atoms with van der Waals surface area (Å²) in [6.45, 7) is 4.87. The first-order valence-electron chi connectivity index (χ1n) is 6.64. The normalized spacial score (nSPS) is 10.4. The number of aromatic nitrogens is 2. The van der Waals surface area contributed by atoms with Crippen molar-refractivity contribution < 1.29 is 9.72 Å². The van der Waals surface area contributed by atoms with Gasteiger partial charge in [0.15, 0.2) is 0 Å². The van der Waals surface area contributed by atoms with E-state index in [2.05, 4.69) is 4.98 Å². The zero-order valence-electron chi connectivity index (χ0n) is 11.9. The molecule has 0 unspecified atom stereocenters. The van der Waals surface area contributed by atoms with Gasteiger partial charge in [-0.3, -0.25) is 14.9 Å². The number of carbonyl (C=O) groups excluding carboxylic acids is 1. The number of nitro benzene ring substituents is 1. The second-order valence-electron chi connectivity index (χ2n) is 4.41. The minimum Gasteiger partial charge on any atom is -0.339 e. The van der Waals surface area contributed by atoms with Crippen LogP contribution in [-0.4, -0.2) is 38.4 Å². The fourth-order valence-electron chi connectivity index (χ4n) is 2.12. The van der Waals surface area contributed by atoms with Gasteiger partial charge in [0.1, 0.15) is 5.69 Å². The Morgan fingerprint density at radius 2 is 2.10 bits per heavy atom. The average Bonchev–Trinajstić information content (AvgIpc) is 3.01. The number of amides is 1. The topological polar surface area (TPSA) is 81.3 Å². The van der Waals surface area contributed by atoms with Crippen LogP contribution in [0.15, 0.2) is 36.9 Å². The van der Waals surface area contributed by atoms with Crippen LogP contribution in [0.1, 0.15) is 24.2 Å². The summed E-state index contributed by atoms with van der Waals surface area (Å²) in [5.74, 6) is -0.208. The standard InChI is InChI=1S/C14H16N4O3/c1-3-16(4-2)14(19)11-5-6-12(13(9-11)18(20)21)17-8-7-15-10-17/h5-10H,3-4H2,1-2H3. The van der Waals surface area contributed by atoms with E-state index in [1.807, 2.05) is 13.8 Å². The lowest BCUT2D eigenvalue weighted by atomic mass is 10.1. The summed E-state index contributed by atoms with van der Waals surface area (Å²) >= 11 is 0. The second kappa shape index (κ2) is 6.17. The van der Waals surface area contributed by atoms with Gasteiger partial charge >= 0.3 is 0 Å². The summed E-state index contributed by atoms with van der Waals surface area (Å²) < 4.78 is 1.55. The minimum absolute atomic E-state index is 0.119. The highest BCUT2D eigenvalue weighted by molar-refractivity contribution is 5.95. The van der Waals surface area contributed by atoms with E-state index in [-0.39, 0.29) is 11.6 Å². The molecule has 0 aliphatic rings. The van der Waals surface area contributed by atoms with E-state index in [4.69, 9.17) is 0 Å². The van der Waals surface area contributed by atoms with Gasteiger partial charge in [-0.2, -0.15) is 0 Å². The van der Waals surface area contributed by atoms with Gasteiger partial charge in [-0.05, 0) is 26.0 Å². The summed E-state index contributed by atoms with van der Waals surface area (Å²) in [5.41, 5.74) is 0.578. The van der Waals surface area contributed by atoms with Crippen LogP contribution in [0.4, 0.5) is 5.69 Å². The van der Waals surface area contributed by atoms with Crippen LogP contribution in [0.2, 0.25) is 0 Å². The van der Waals surface area contributed by atoms with E-state index in [9.17, 15) is 14.9 Å². The van der Waals surface area contributed by atoms with Crippen LogP contribution >= 0.6 is 0 Å². The molecule has 7 heteroatoms. The van der Waals surface area contributed by atoms with E-state index in [0.29, 0.717) is 24.3 Å². The first kappa shape index (κ1) is 14.7. The molecule has 0 spiro atoms. The molecule has 1 heterocycles. The highest BCUT2D eigenvalue weighted by atomic mass is 16.6. The predicted molar refractivity (Wildman–Crippen MR) is 77.5 cm³/mol. The van der Waals surface area contributed by atoms with Gasteiger partial charge in [0.25, 0.3) is 11.6 Å². The lowest BCUT2D eigenvalue weighted by molar-refractivity contribution is -0.384. The molecule has 1 aromatic heterocycles. The maximum atomic E-state index is 12.3. The molecular weight excluding hydrogens is 272 g/mol. The van der Waals surface area contributed by atoms with E-state index >= 15 is 0 Å². The van der Waals surface area contributed by atoms with Gasteiger partial charge in [0.2, 0.25) is 0 Å². The molecule has 2 rings (SSSR count). The average molecular weight is 288 g/mol. The van der Waals surface area contributed by atoms with E-state index in [1.165, 1.54) is 12.4 Å². The lowest BCUT2D eigenvalue weighted by Gasteiger charge is -2.18. The summed E-state index contributed by atoms with van der Waals surface area (Å²) in [7, 11) is 0. The maximum absolute atomic E-state index is 12.3. The van der Waals surface area contributed by atoms with Crippen molar-refractivity contribution in [2.45, 2.75) is 13.8 Å². The van der Waals surface area contributed by atoms with E-state index < -0.39 is 4.92 Å². The number of nitrogens with zero attached hydrogens (tertiary/aromatic N) is 4. The van der Waals surface area contributed by atoms with E-state index in [0.717, 1.165) is 0 Å². The number of hydrogen-bond acceptors (Lipinski definition) is 4. The van der Waals surface area contributed by atoms with Crippen molar-refractivity contribution in [3.8, 4) is 5.69 Å². The highest BCUT2D eigenvalue weighted by Crippen LogP contribution is 2.24. The van der Waals surface area contributed by atoms with Crippen molar-refractivity contribution in [3.05, 3.63) is 52.6 Å². The smallest absolute Gasteiger partial charge is 0.294 e. The Bertz CT molecular complexity index is 648. The molecule has 21 heavy (non-hydrogen) atoms. The first-order chi connectivity index (χ1) is 10.1. The molecule has 2 aromatic rings. The fourth-order valence-corrected chi connectivity index (χ4v) is 2.12. The summed E-state index contributed by atoms with van der Waals surface area (Å²) in [4.78, 5) is 28.5. The molecular formula is C14H16N4O3. The summed E-state index contributed by atoms with van der Waals surface area (Å²) in [6, 6.07) is 4.48.